The third kappa shape index (κ3) is 59.9. The Labute approximate surface area is 453 Å². The highest BCUT2D eigenvalue weighted by Gasteiger charge is 2.19. The van der Waals surface area contributed by atoms with Gasteiger partial charge in [-0.15, -0.1) is 0 Å². The minimum Gasteiger partial charge on any atom is -0.462 e. The van der Waals surface area contributed by atoms with E-state index in [1.165, 1.54) is 186 Å². The molecule has 0 aromatic carbocycles. The lowest BCUT2D eigenvalue weighted by Crippen LogP contribution is -2.30. The molecule has 0 aromatic rings. The molecule has 0 fully saturated rings. The van der Waals surface area contributed by atoms with Crippen LogP contribution in [-0.4, -0.2) is 37.2 Å². The van der Waals surface area contributed by atoms with Crippen LogP contribution in [0.25, 0.3) is 0 Å². The number of hydrogen-bond donors (Lipinski definition) is 0. The number of ether oxygens (including phenoxy) is 3. The monoisotopic (exact) mass is 1020 g/mol. The van der Waals surface area contributed by atoms with E-state index in [1.54, 1.807) is 0 Å². The zero-order valence-corrected chi connectivity index (χ0v) is 48.7. The fraction of sp³-hybridized carbons (Fsp3) is 0.806. The van der Waals surface area contributed by atoms with Crippen molar-refractivity contribution in [2.75, 3.05) is 13.2 Å². The fourth-order valence-electron chi connectivity index (χ4n) is 9.25. The van der Waals surface area contributed by atoms with E-state index in [-0.39, 0.29) is 31.1 Å². The average Bonchev–Trinajstić information content (AvgIpc) is 3.39. The van der Waals surface area contributed by atoms with Crippen LogP contribution in [0.1, 0.15) is 329 Å². The molecule has 424 valence electrons. The van der Waals surface area contributed by atoms with Crippen LogP contribution in [0, 0.1) is 0 Å². The first-order chi connectivity index (χ1) is 36.0. The first kappa shape index (κ1) is 70.1. The van der Waals surface area contributed by atoms with E-state index in [0.29, 0.717) is 19.3 Å². The van der Waals surface area contributed by atoms with Crippen molar-refractivity contribution in [2.24, 2.45) is 0 Å². The number of carbonyl (C=O) groups is 3. The summed E-state index contributed by atoms with van der Waals surface area (Å²) in [5, 5.41) is 0. The molecule has 1 unspecified atom stereocenters. The summed E-state index contributed by atoms with van der Waals surface area (Å²) in [5.74, 6) is -0.899. The lowest BCUT2D eigenvalue weighted by Gasteiger charge is -2.18. The standard InChI is InChI=1S/C67H120O6/c1-4-7-10-13-16-19-22-25-28-30-31-32-33-34-35-37-39-42-45-48-51-54-57-60-66(69)72-63-64(62-71-65(68)59-56-53-50-47-44-41-38-27-24-21-18-15-12-9-6-3)73-67(70)61-58-55-52-49-46-43-40-36-29-26-23-20-17-14-11-8-5-2/h8,11,17,20,26-27,29,38,40,43,64H,4-7,9-10,12-16,18-19,21-25,28,30-37,39,41-42,44-63H2,1-3H3/b11-8-,20-17-,29-26-,38-27-,43-40-. The molecule has 0 aromatic heterocycles. The molecule has 6 heteroatoms. The van der Waals surface area contributed by atoms with Gasteiger partial charge in [0.25, 0.3) is 0 Å². The van der Waals surface area contributed by atoms with Gasteiger partial charge in [-0.05, 0) is 83.5 Å². The Morgan fingerprint density at radius 3 is 0.849 bits per heavy atom. The first-order valence-electron chi connectivity index (χ1n) is 31.8. The van der Waals surface area contributed by atoms with E-state index in [9.17, 15) is 14.4 Å². The van der Waals surface area contributed by atoms with Gasteiger partial charge in [0.05, 0.1) is 0 Å². The summed E-state index contributed by atoms with van der Waals surface area (Å²) in [5.41, 5.74) is 0. The van der Waals surface area contributed by atoms with Gasteiger partial charge in [0.2, 0.25) is 0 Å². The summed E-state index contributed by atoms with van der Waals surface area (Å²) < 4.78 is 16.9. The van der Waals surface area contributed by atoms with Crippen molar-refractivity contribution in [2.45, 2.75) is 335 Å². The van der Waals surface area contributed by atoms with Crippen molar-refractivity contribution < 1.29 is 28.6 Å². The number of unbranched alkanes of at least 4 members (excludes halogenated alkanes) is 37. The van der Waals surface area contributed by atoms with Crippen molar-refractivity contribution in [1.82, 2.24) is 0 Å². The molecule has 0 aliphatic rings. The SMILES string of the molecule is CC/C=C\C/C=C\C/C=C\C/C=C\CCCCCCC(=O)OC(COC(=O)CCCCCCC/C=C\CCCCCCCC)COC(=O)CCCCCCCCCCCCCCCCCCCCCCCCC. The highest BCUT2D eigenvalue weighted by atomic mass is 16.6. The molecule has 0 saturated heterocycles. The second-order valence-electron chi connectivity index (χ2n) is 21.3. The Morgan fingerprint density at radius 2 is 0.534 bits per heavy atom. The van der Waals surface area contributed by atoms with E-state index >= 15 is 0 Å². The topological polar surface area (TPSA) is 78.9 Å². The molecule has 0 amide bonds. The smallest absolute Gasteiger partial charge is 0.306 e. The lowest BCUT2D eigenvalue weighted by atomic mass is 10.0. The number of esters is 3. The molecule has 0 heterocycles. The molecule has 6 nitrogen and oxygen atoms in total. The highest BCUT2D eigenvalue weighted by Crippen LogP contribution is 2.17. The van der Waals surface area contributed by atoms with Crippen molar-refractivity contribution in [3.05, 3.63) is 60.8 Å². The Bertz CT molecular complexity index is 1310. The molecule has 0 aliphatic carbocycles. The van der Waals surface area contributed by atoms with E-state index < -0.39 is 6.10 Å². The summed E-state index contributed by atoms with van der Waals surface area (Å²) >= 11 is 0. The predicted octanol–water partition coefficient (Wildman–Crippen LogP) is 21.6. The van der Waals surface area contributed by atoms with Gasteiger partial charge >= 0.3 is 17.9 Å². The first-order valence-corrected chi connectivity index (χ1v) is 31.8. The van der Waals surface area contributed by atoms with E-state index in [4.69, 9.17) is 14.2 Å². The summed E-state index contributed by atoms with van der Waals surface area (Å²) in [7, 11) is 0. The van der Waals surface area contributed by atoms with Gasteiger partial charge in [0, 0.05) is 19.3 Å². The molecular formula is C67H120O6. The van der Waals surface area contributed by atoms with Gasteiger partial charge in [-0.3, -0.25) is 14.4 Å². The lowest BCUT2D eigenvalue weighted by molar-refractivity contribution is -0.167. The Morgan fingerprint density at radius 1 is 0.288 bits per heavy atom. The molecule has 0 saturated carbocycles. The van der Waals surface area contributed by atoms with Crippen LogP contribution >= 0.6 is 0 Å². The van der Waals surface area contributed by atoms with E-state index in [2.05, 4.69) is 81.5 Å². The van der Waals surface area contributed by atoms with Crippen molar-refractivity contribution in [3.63, 3.8) is 0 Å². The molecule has 0 aliphatic heterocycles. The quantitative estimate of drug-likeness (QED) is 0.0261. The van der Waals surface area contributed by atoms with Gasteiger partial charge in [-0.1, -0.05) is 287 Å². The highest BCUT2D eigenvalue weighted by molar-refractivity contribution is 5.71. The summed E-state index contributed by atoms with van der Waals surface area (Å²) in [6.45, 7) is 6.54. The Hall–Kier alpha value is -2.89. The summed E-state index contributed by atoms with van der Waals surface area (Å²) in [4.78, 5) is 38.3. The molecule has 0 bridgehead atoms. The molecule has 0 spiro atoms. The second-order valence-corrected chi connectivity index (χ2v) is 21.3. The third-order valence-electron chi connectivity index (χ3n) is 14.0. The van der Waals surface area contributed by atoms with Crippen molar-refractivity contribution in [3.8, 4) is 0 Å². The second kappa shape index (κ2) is 61.7. The van der Waals surface area contributed by atoms with Gasteiger partial charge in [-0.2, -0.15) is 0 Å². The van der Waals surface area contributed by atoms with Crippen LogP contribution in [0.4, 0.5) is 0 Å². The van der Waals surface area contributed by atoms with Crippen LogP contribution in [0.5, 0.6) is 0 Å². The average molecular weight is 1020 g/mol. The molecule has 0 rings (SSSR count). The predicted molar refractivity (Wildman–Crippen MR) is 316 cm³/mol. The molecule has 0 N–H and O–H groups in total. The van der Waals surface area contributed by atoms with Crippen LogP contribution in [0.3, 0.4) is 0 Å². The minimum atomic E-state index is -0.790. The number of rotatable bonds is 58. The maximum atomic E-state index is 12.9. The third-order valence-corrected chi connectivity index (χ3v) is 14.0. The van der Waals surface area contributed by atoms with E-state index in [0.717, 1.165) is 103 Å². The maximum Gasteiger partial charge on any atom is 0.306 e. The van der Waals surface area contributed by atoms with Crippen LogP contribution in [0.2, 0.25) is 0 Å². The molecule has 0 radical (unpaired) electrons. The normalized spacial score (nSPS) is 12.4. The Kier molecular flexibility index (Phi) is 59.2. The van der Waals surface area contributed by atoms with E-state index in [1.807, 2.05) is 0 Å². The van der Waals surface area contributed by atoms with Crippen LogP contribution < -0.4 is 0 Å². The van der Waals surface area contributed by atoms with Crippen molar-refractivity contribution in [1.29, 1.82) is 0 Å². The zero-order valence-electron chi connectivity index (χ0n) is 48.7. The maximum absolute atomic E-state index is 12.9. The molecular weight excluding hydrogens is 901 g/mol. The Balaban J connectivity index is 4.33. The van der Waals surface area contributed by atoms with Gasteiger partial charge in [0.15, 0.2) is 6.10 Å². The van der Waals surface area contributed by atoms with Gasteiger partial charge in [0.1, 0.15) is 13.2 Å². The minimum absolute atomic E-state index is 0.0838. The fourth-order valence-corrected chi connectivity index (χ4v) is 9.25. The van der Waals surface area contributed by atoms with Crippen molar-refractivity contribution >= 4 is 17.9 Å². The van der Waals surface area contributed by atoms with Crippen LogP contribution in [0.15, 0.2) is 60.8 Å². The largest absolute Gasteiger partial charge is 0.462 e. The van der Waals surface area contributed by atoms with Gasteiger partial charge < -0.3 is 14.2 Å². The zero-order chi connectivity index (χ0) is 52.9. The molecule has 73 heavy (non-hydrogen) atoms. The number of allylic oxidation sites excluding steroid dienone is 10. The summed E-state index contributed by atoms with van der Waals surface area (Å²) in [6.07, 6.45) is 78.0. The van der Waals surface area contributed by atoms with Crippen LogP contribution in [-0.2, 0) is 28.6 Å². The van der Waals surface area contributed by atoms with Gasteiger partial charge in [-0.25, -0.2) is 0 Å². The number of carbonyl (C=O) groups excluding carboxylic acids is 3. The number of hydrogen-bond acceptors (Lipinski definition) is 6. The molecule has 1 atom stereocenters. The summed E-state index contributed by atoms with van der Waals surface area (Å²) in [6, 6.07) is 0.